The Morgan fingerprint density at radius 2 is 2.14 bits per heavy atom. The van der Waals surface area contributed by atoms with Gasteiger partial charge >= 0.3 is 0 Å². The van der Waals surface area contributed by atoms with Crippen LogP contribution in [0.5, 0.6) is 0 Å². The number of hydrogen-bond acceptors (Lipinski definition) is 3. The molecule has 0 aromatic heterocycles. The molecule has 0 fully saturated rings. The summed E-state index contributed by atoms with van der Waals surface area (Å²) in [5.41, 5.74) is 0.823. The van der Waals surface area contributed by atoms with Crippen molar-refractivity contribution in [3.05, 3.63) is 35.9 Å². The SMILES string of the molecule is CC1=NO[C@@](C#N)(c2ccccc2)C1. The molecule has 1 aromatic carbocycles. The average molecular weight is 186 g/mol. The van der Waals surface area contributed by atoms with Gasteiger partial charge in [0, 0.05) is 12.0 Å². The van der Waals surface area contributed by atoms with Crippen molar-refractivity contribution >= 4 is 5.71 Å². The van der Waals surface area contributed by atoms with Gasteiger partial charge in [-0.1, -0.05) is 35.5 Å². The first-order chi connectivity index (χ1) is 6.77. The molecule has 14 heavy (non-hydrogen) atoms. The van der Waals surface area contributed by atoms with Gasteiger partial charge in [-0.05, 0) is 6.92 Å². The Labute approximate surface area is 82.6 Å². The lowest BCUT2D eigenvalue weighted by Gasteiger charge is -2.17. The van der Waals surface area contributed by atoms with Gasteiger partial charge in [0.2, 0.25) is 0 Å². The maximum absolute atomic E-state index is 9.14. The molecule has 1 aromatic rings. The highest BCUT2D eigenvalue weighted by Crippen LogP contribution is 2.33. The van der Waals surface area contributed by atoms with Crippen molar-refractivity contribution in [3.63, 3.8) is 0 Å². The minimum atomic E-state index is -0.897. The Morgan fingerprint density at radius 3 is 2.64 bits per heavy atom. The highest BCUT2D eigenvalue weighted by atomic mass is 16.7. The molecular formula is C11H10N2O. The minimum Gasteiger partial charge on any atom is -0.369 e. The van der Waals surface area contributed by atoms with Crippen LogP contribution in [0.25, 0.3) is 0 Å². The van der Waals surface area contributed by atoms with E-state index in [0.717, 1.165) is 11.3 Å². The fraction of sp³-hybridized carbons (Fsp3) is 0.273. The summed E-state index contributed by atoms with van der Waals surface area (Å²) in [5, 5.41) is 13.0. The van der Waals surface area contributed by atoms with Crippen molar-refractivity contribution in [3.8, 4) is 6.07 Å². The molecule has 0 radical (unpaired) electrons. The molecule has 3 heteroatoms. The first kappa shape index (κ1) is 8.76. The van der Waals surface area contributed by atoms with Crippen molar-refractivity contribution in [1.29, 1.82) is 5.26 Å². The molecule has 0 bridgehead atoms. The molecule has 1 heterocycles. The van der Waals surface area contributed by atoms with Gasteiger partial charge in [-0.2, -0.15) is 5.26 Å². The van der Waals surface area contributed by atoms with Crippen LogP contribution in [0.15, 0.2) is 35.5 Å². The summed E-state index contributed by atoms with van der Waals surface area (Å²) < 4.78 is 0. The second kappa shape index (κ2) is 3.15. The van der Waals surface area contributed by atoms with Gasteiger partial charge in [0.15, 0.2) is 0 Å². The van der Waals surface area contributed by atoms with Crippen molar-refractivity contribution in [2.75, 3.05) is 0 Å². The normalized spacial score (nSPS) is 25.0. The van der Waals surface area contributed by atoms with E-state index >= 15 is 0 Å². The molecule has 0 amide bonds. The van der Waals surface area contributed by atoms with E-state index in [1.807, 2.05) is 37.3 Å². The monoisotopic (exact) mass is 186 g/mol. The number of benzene rings is 1. The second-order valence-corrected chi connectivity index (χ2v) is 3.40. The summed E-state index contributed by atoms with van der Waals surface area (Å²) in [6, 6.07) is 11.7. The highest BCUT2D eigenvalue weighted by Gasteiger charge is 2.39. The smallest absolute Gasteiger partial charge is 0.252 e. The Bertz CT molecular complexity index is 405. The summed E-state index contributed by atoms with van der Waals surface area (Å²) in [4.78, 5) is 5.21. The van der Waals surface area contributed by atoms with Gasteiger partial charge in [0.25, 0.3) is 5.60 Å². The van der Waals surface area contributed by atoms with Crippen LogP contribution in [0.3, 0.4) is 0 Å². The lowest BCUT2D eigenvalue weighted by Crippen LogP contribution is -2.23. The van der Waals surface area contributed by atoms with E-state index < -0.39 is 5.60 Å². The molecule has 2 rings (SSSR count). The van der Waals surface area contributed by atoms with Crippen LogP contribution in [0.2, 0.25) is 0 Å². The van der Waals surface area contributed by atoms with Crippen LogP contribution in [0, 0.1) is 11.3 Å². The summed E-state index contributed by atoms with van der Waals surface area (Å²) in [7, 11) is 0. The van der Waals surface area contributed by atoms with Crippen LogP contribution in [0.4, 0.5) is 0 Å². The molecular weight excluding hydrogens is 176 g/mol. The lowest BCUT2D eigenvalue weighted by atomic mass is 9.91. The van der Waals surface area contributed by atoms with E-state index in [-0.39, 0.29) is 0 Å². The molecule has 1 aliphatic rings. The number of oxime groups is 1. The zero-order valence-corrected chi connectivity index (χ0v) is 7.90. The average Bonchev–Trinajstić information content (AvgIpc) is 2.63. The van der Waals surface area contributed by atoms with Crippen LogP contribution in [0.1, 0.15) is 18.9 Å². The summed E-state index contributed by atoms with van der Waals surface area (Å²) >= 11 is 0. The van der Waals surface area contributed by atoms with Crippen LogP contribution in [-0.4, -0.2) is 5.71 Å². The number of rotatable bonds is 1. The van der Waals surface area contributed by atoms with Crippen molar-refractivity contribution < 1.29 is 4.84 Å². The van der Waals surface area contributed by atoms with Crippen LogP contribution in [-0.2, 0) is 10.4 Å². The summed E-state index contributed by atoms with van der Waals surface area (Å²) in [5.74, 6) is 0. The zero-order chi connectivity index (χ0) is 10.0. The molecule has 0 saturated carbocycles. The van der Waals surface area contributed by atoms with Gasteiger partial charge in [-0.15, -0.1) is 0 Å². The molecule has 1 atom stereocenters. The molecule has 0 N–H and O–H groups in total. The second-order valence-electron chi connectivity index (χ2n) is 3.40. The summed E-state index contributed by atoms with van der Waals surface area (Å²) in [6.45, 7) is 1.86. The van der Waals surface area contributed by atoms with Gasteiger partial charge in [0.1, 0.15) is 6.07 Å². The molecule has 70 valence electrons. The standard InChI is InChI=1S/C11H10N2O/c1-9-7-11(8-12,14-13-9)10-5-3-2-4-6-10/h2-6H,7H2,1H3/t11-/m0/s1. The minimum absolute atomic E-state index is 0.549. The summed E-state index contributed by atoms with van der Waals surface area (Å²) in [6.07, 6.45) is 0.549. The molecule has 0 unspecified atom stereocenters. The van der Waals surface area contributed by atoms with Crippen LogP contribution >= 0.6 is 0 Å². The van der Waals surface area contributed by atoms with Gasteiger partial charge in [-0.25, -0.2) is 0 Å². The Morgan fingerprint density at radius 1 is 1.43 bits per heavy atom. The van der Waals surface area contributed by atoms with Gasteiger partial charge in [0.05, 0.1) is 5.71 Å². The molecule has 3 nitrogen and oxygen atoms in total. The highest BCUT2D eigenvalue weighted by molar-refractivity contribution is 5.84. The number of nitrogens with zero attached hydrogens (tertiary/aromatic N) is 2. The van der Waals surface area contributed by atoms with E-state index in [9.17, 15) is 0 Å². The zero-order valence-electron chi connectivity index (χ0n) is 7.90. The Kier molecular flexibility index (Phi) is 1.97. The van der Waals surface area contributed by atoms with Gasteiger partial charge in [-0.3, -0.25) is 0 Å². The Balaban J connectivity index is 2.38. The van der Waals surface area contributed by atoms with E-state index in [4.69, 9.17) is 10.1 Å². The maximum atomic E-state index is 9.14. The quantitative estimate of drug-likeness (QED) is 0.674. The topological polar surface area (TPSA) is 45.4 Å². The van der Waals surface area contributed by atoms with Gasteiger partial charge < -0.3 is 4.84 Å². The first-order valence-corrected chi connectivity index (χ1v) is 4.45. The van der Waals surface area contributed by atoms with E-state index in [0.29, 0.717) is 6.42 Å². The first-order valence-electron chi connectivity index (χ1n) is 4.45. The molecule has 0 aliphatic carbocycles. The van der Waals surface area contributed by atoms with Crippen molar-refractivity contribution in [2.45, 2.75) is 18.9 Å². The fourth-order valence-corrected chi connectivity index (χ4v) is 1.57. The third kappa shape index (κ3) is 1.25. The van der Waals surface area contributed by atoms with Crippen molar-refractivity contribution in [1.82, 2.24) is 0 Å². The third-order valence-electron chi connectivity index (χ3n) is 2.28. The maximum Gasteiger partial charge on any atom is 0.252 e. The lowest BCUT2D eigenvalue weighted by molar-refractivity contribution is 0.0243. The van der Waals surface area contributed by atoms with Crippen LogP contribution < -0.4 is 0 Å². The van der Waals surface area contributed by atoms with E-state index in [1.54, 1.807) is 0 Å². The fourth-order valence-electron chi connectivity index (χ4n) is 1.57. The number of hydrogen-bond donors (Lipinski definition) is 0. The van der Waals surface area contributed by atoms with Crippen molar-refractivity contribution in [2.24, 2.45) is 5.16 Å². The predicted octanol–water partition coefficient (Wildman–Crippen LogP) is 2.20. The van der Waals surface area contributed by atoms with E-state index in [2.05, 4.69) is 11.2 Å². The third-order valence-corrected chi connectivity index (χ3v) is 2.28. The molecule has 0 saturated heterocycles. The predicted molar refractivity (Wildman–Crippen MR) is 52.5 cm³/mol. The van der Waals surface area contributed by atoms with E-state index in [1.165, 1.54) is 0 Å². The number of nitriles is 1. The largest absolute Gasteiger partial charge is 0.369 e. The molecule has 0 spiro atoms. The molecule has 1 aliphatic heterocycles. The Hall–Kier alpha value is -1.82.